The predicted octanol–water partition coefficient (Wildman–Crippen LogP) is 0.737. The summed E-state index contributed by atoms with van der Waals surface area (Å²) < 4.78 is 1.65. The van der Waals surface area contributed by atoms with Gasteiger partial charge in [-0.3, -0.25) is 15.0 Å². The molecule has 2 heterocycles. The Hall–Kier alpha value is -2.09. The van der Waals surface area contributed by atoms with Crippen molar-refractivity contribution < 1.29 is 0 Å². The molecule has 0 radical (unpaired) electrons. The molecule has 1 aliphatic rings. The number of hydrogen-bond donors (Lipinski definition) is 3. The van der Waals surface area contributed by atoms with Crippen LogP contribution < -0.4 is 11.4 Å². The number of H-pyrrole nitrogens is 1. The van der Waals surface area contributed by atoms with Crippen LogP contribution in [-0.2, 0) is 0 Å². The van der Waals surface area contributed by atoms with Gasteiger partial charge in [0.25, 0.3) is 0 Å². The molecule has 0 bridgehead atoms. The third-order valence-electron chi connectivity index (χ3n) is 2.86. The predicted molar refractivity (Wildman–Crippen MR) is 70.5 cm³/mol. The Balaban J connectivity index is 1.98. The number of pyridine rings is 1. The topological polar surface area (TPSA) is 113 Å². The van der Waals surface area contributed by atoms with Crippen molar-refractivity contribution in [1.29, 1.82) is 5.41 Å². The van der Waals surface area contributed by atoms with Crippen molar-refractivity contribution in [1.82, 2.24) is 19.7 Å². The normalized spacial score (nSPS) is 14.5. The zero-order chi connectivity index (χ0) is 13.4. The van der Waals surface area contributed by atoms with E-state index in [4.69, 9.17) is 11.1 Å². The standard InChI is InChI=1S/C11H12N6OS/c12-9(13)7-3-4-14-5-8(7)19-11-16-15-10(18)17(11)6-1-2-6/h3-6H,1-2H2,(H3,12,13)(H,15,18). The number of aromatic amines is 1. The van der Waals surface area contributed by atoms with E-state index >= 15 is 0 Å². The summed E-state index contributed by atoms with van der Waals surface area (Å²) in [6.07, 6.45) is 5.20. The number of nitrogens with two attached hydrogens (primary N) is 1. The van der Waals surface area contributed by atoms with E-state index in [9.17, 15) is 4.79 Å². The number of nitrogens with zero attached hydrogens (tertiary/aromatic N) is 3. The zero-order valence-corrected chi connectivity index (χ0v) is 10.8. The summed E-state index contributed by atoms with van der Waals surface area (Å²) in [5.41, 5.74) is 5.93. The van der Waals surface area contributed by atoms with Crippen LogP contribution in [0.2, 0.25) is 0 Å². The lowest BCUT2D eigenvalue weighted by atomic mass is 10.2. The highest BCUT2D eigenvalue weighted by atomic mass is 32.2. The molecule has 98 valence electrons. The van der Waals surface area contributed by atoms with Crippen LogP contribution in [0.5, 0.6) is 0 Å². The lowest BCUT2D eigenvalue weighted by molar-refractivity contribution is 0.642. The van der Waals surface area contributed by atoms with E-state index in [2.05, 4.69) is 15.2 Å². The molecule has 0 saturated heterocycles. The minimum absolute atomic E-state index is 0.0271. The van der Waals surface area contributed by atoms with Gasteiger partial charge >= 0.3 is 5.69 Å². The summed E-state index contributed by atoms with van der Waals surface area (Å²) in [6, 6.07) is 1.92. The Labute approximate surface area is 112 Å². The minimum Gasteiger partial charge on any atom is -0.384 e. The van der Waals surface area contributed by atoms with Gasteiger partial charge < -0.3 is 5.73 Å². The average molecular weight is 276 g/mol. The third-order valence-corrected chi connectivity index (χ3v) is 3.88. The van der Waals surface area contributed by atoms with Gasteiger partial charge in [0, 0.05) is 28.9 Å². The SMILES string of the molecule is N=C(N)c1ccncc1Sc1n[nH]c(=O)n1C1CC1. The first-order chi connectivity index (χ1) is 9.16. The molecular weight excluding hydrogens is 264 g/mol. The molecule has 1 fully saturated rings. The van der Waals surface area contributed by atoms with Crippen molar-refractivity contribution in [3.8, 4) is 0 Å². The molecule has 19 heavy (non-hydrogen) atoms. The summed E-state index contributed by atoms with van der Waals surface area (Å²) in [7, 11) is 0. The van der Waals surface area contributed by atoms with Crippen LogP contribution in [-0.4, -0.2) is 25.6 Å². The van der Waals surface area contributed by atoms with Crippen molar-refractivity contribution in [2.24, 2.45) is 5.73 Å². The highest BCUT2D eigenvalue weighted by molar-refractivity contribution is 7.99. The van der Waals surface area contributed by atoms with E-state index in [0.29, 0.717) is 10.7 Å². The Kier molecular flexibility index (Phi) is 2.86. The molecule has 1 aliphatic carbocycles. The number of hydrogen-bond acceptors (Lipinski definition) is 5. The number of rotatable bonds is 4. The maximum Gasteiger partial charge on any atom is 0.344 e. The van der Waals surface area contributed by atoms with Gasteiger partial charge in [-0.2, -0.15) is 0 Å². The largest absolute Gasteiger partial charge is 0.384 e. The number of aromatic nitrogens is 4. The minimum atomic E-state index is -0.196. The second-order valence-corrected chi connectivity index (χ2v) is 5.31. The van der Waals surface area contributed by atoms with Gasteiger partial charge in [-0.05, 0) is 30.7 Å². The maximum absolute atomic E-state index is 11.7. The molecule has 2 aromatic heterocycles. The molecule has 0 aromatic carbocycles. The second kappa shape index (κ2) is 4.54. The summed E-state index contributed by atoms with van der Waals surface area (Å²) in [5, 5.41) is 14.6. The van der Waals surface area contributed by atoms with Gasteiger partial charge in [-0.25, -0.2) is 9.89 Å². The smallest absolute Gasteiger partial charge is 0.344 e. The molecule has 0 spiro atoms. The highest BCUT2D eigenvalue weighted by Gasteiger charge is 2.29. The lowest BCUT2D eigenvalue weighted by Crippen LogP contribution is -2.16. The first-order valence-corrected chi connectivity index (χ1v) is 6.61. The molecular formula is C11H12N6OS. The molecule has 7 nitrogen and oxygen atoms in total. The molecule has 3 rings (SSSR count). The molecule has 0 amide bonds. The van der Waals surface area contributed by atoms with Crippen molar-refractivity contribution in [3.05, 3.63) is 34.5 Å². The van der Waals surface area contributed by atoms with Gasteiger partial charge in [0.2, 0.25) is 0 Å². The number of nitrogen functional groups attached to an aromatic ring is 1. The van der Waals surface area contributed by atoms with Crippen LogP contribution >= 0.6 is 11.8 Å². The van der Waals surface area contributed by atoms with Crippen LogP contribution in [0.1, 0.15) is 24.4 Å². The quantitative estimate of drug-likeness (QED) is 0.563. The second-order valence-electron chi connectivity index (χ2n) is 4.30. The third kappa shape index (κ3) is 2.26. The summed E-state index contributed by atoms with van der Waals surface area (Å²) in [4.78, 5) is 16.4. The Bertz CT molecular complexity index is 686. The highest BCUT2D eigenvalue weighted by Crippen LogP contribution is 2.38. The van der Waals surface area contributed by atoms with Gasteiger partial charge in [0.05, 0.1) is 0 Å². The molecule has 0 unspecified atom stereocenters. The fourth-order valence-electron chi connectivity index (χ4n) is 1.80. The summed E-state index contributed by atoms with van der Waals surface area (Å²) >= 11 is 1.30. The Morgan fingerprint density at radius 3 is 3.05 bits per heavy atom. The van der Waals surface area contributed by atoms with Crippen molar-refractivity contribution in [2.75, 3.05) is 0 Å². The van der Waals surface area contributed by atoms with Gasteiger partial charge in [0.1, 0.15) is 5.84 Å². The van der Waals surface area contributed by atoms with Crippen LogP contribution in [0, 0.1) is 5.41 Å². The Morgan fingerprint density at radius 1 is 1.58 bits per heavy atom. The van der Waals surface area contributed by atoms with Crippen LogP contribution in [0.4, 0.5) is 0 Å². The van der Waals surface area contributed by atoms with E-state index in [1.165, 1.54) is 11.8 Å². The first-order valence-electron chi connectivity index (χ1n) is 5.80. The summed E-state index contributed by atoms with van der Waals surface area (Å²) in [5.74, 6) is -0.0271. The fraction of sp³-hybridized carbons (Fsp3) is 0.273. The zero-order valence-electron chi connectivity index (χ0n) is 9.96. The van der Waals surface area contributed by atoms with E-state index in [0.717, 1.165) is 17.7 Å². The lowest BCUT2D eigenvalue weighted by Gasteiger charge is -2.07. The monoisotopic (exact) mass is 276 g/mol. The molecule has 2 aromatic rings. The van der Waals surface area contributed by atoms with E-state index < -0.39 is 0 Å². The molecule has 0 aliphatic heterocycles. The van der Waals surface area contributed by atoms with Crippen molar-refractivity contribution >= 4 is 17.6 Å². The Morgan fingerprint density at radius 2 is 2.37 bits per heavy atom. The molecule has 8 heteroatoms. The number of amidine groups is 1. The van der Waals surface area contributed by atoms with E-state index in [1.54, 1.807) is 23.0 Å². The van der Waals surface area contributed by atoms with Crippen molar-refractivity contribution in [3.63, 3.8) is 0 Å². The van der Waals surface area contributed by atoms with E-state index in [-0.39, 0.29) is 17.6 Å². The van der Waals surface area contributed by atoms with Crippen LogP contribution in [0.25, 0.3) is 0 Å². The van der Waals surface area contributed by atoms with Crippen molar-refractivity contribution in [2.45, 2.75) is 28.9 Å². The molecule has 4 N–H and O–H groups in total. The van der Waals surface area contributed by atoms with Crippen LogP contribution in [0.3, 0.4) is 0 Å². The van der Waals surface area contributed by atoms with Gasteiger partial charge in [-0.15, -0.1) is 5.10 Å². The van der Waals surface area contributed by atoms with Crippen LogP contribution in [0.15, 0.2) is 33.3 Å². The fourth-order valence-corrected chi connectivity index (χ4v) is 2.82. The maximum atomic E-state index is 11.7. The average Bonchev–Trinajstić information content (AvgIpc) is 3.15. The van der Waals surface area contributed by atoms with Gasteiger partial charge in [0.15, 0.2) is 5.16 Å². The van der Waals surface area contributed by atoms with E-state index in [1.807, 2.05) is 0 Å². The van der Waals surface area contributed by atoms with Gasteiger partial charge in [-0.1, -0.05) is 0 Å². The first kappa shape index (κ1) is 12.0. The molecule has 0 atom stereocenters. The summed E-state index contributed by atoms with van der Waals surface area (Å²) in [6.45, 7) is 0. The molecule has 1 saturated carbocycles. The number of nitrogens with one attached hydrogen (secondary N) is 2.